The first kappa shape index (κ1) is 13.5. The van der Waals surface area contributed by atoms with E-state index in [1.165, 1.54) is 0 Å². The Labute approximate surface area is 72.8 Å². The maximum absolute atomic E-state index is 10.2. The van der Waals surface area contributed by atoms with E-state index in [-0.39, 0.29) is 18.8 Å². The molecular formula is C8H17NO3. The zero-order valence-electron chi connectivity index (χ0n) is 7.83. The van der Waals surface area contributed by atoms with Gasteiger partial charge in [-0.2, -0.15) is 0 Å². The molecule has 0 spiro atoms. The quantitative estimate of drug-likeness (QED) is 0.668. The van der Waals surface area contributed by atoms with Crippen molar-refractivity contribution in [2.24, 2.45) is 11.7 Å². The maximum atomic E-state index is 10.2. The third kappa shape index (κ3) is 11.7. The molecule has 4 heteroatoms. The van der Waals surface area contributed by atoms with Crippen molar-refractivity contribution in [3.05, 3.63) is 0 Å². The van der Waals surface area contributed by atoms with Crippen molar-refractivity contribution in [1.82, 2.24) is 0 Å². The number of amides is 1. The molecule has 0 radical (unpaired) electrons. The third-order valence-corrected chi connectivity index (χ3v) is 1.07. The molecule has 12 heavy (non-hydrogen) atoms. The summed E-state index contributed by atoms with van der Waals surface area (Å²) in [5.41, 5.74) is 4.84. The summed E-state index contributed by atoms with van der Waals surface area (Å²) in [5.74, 6) is -1.50. The van der Waals surface area contributed by atoms with Gasteiger partial charge in [-0.3, -0.25) is 9.59 Å². The van der Waals surface area contributed by atoms with Crippen molar-refractivity contribution in [3.63, 3.8) is 0 Å². The number of hydrogen-bond acceptors (Lipinski definition) is 2. The first-order valence-corrected chi connectivity index (χ1v) is 4.02. The molecule has 1 amide bonds. The number of aliphatic carboxylic acids is 1. The molecule has 4 nitrogen and oxygen atoms in total. The van der Waals surface area contributed by atoms with Gasteiger partial charge >= 0.3 is 5.97 Å². The number of carboxylic acids is 1. The molecule has 0 aromatic heterocycles. The summed E-state index contributed by atoms with van der Waals surface area (Å²) in [6.45, 7) is 5.68. The number of carbonyl (C=O) groups excluding carboxylic acids is 1. The summed E-state index contributed by atoms with van der Waals surface area (Å²) in [6.07, 6.45) is 0.148. The van der Waals surface area contributed by atoms with Gasteiger partial charge in [-0.15, -0.1) is 0 Å². The molecule has 0 saturated heterocycles. The molecule has 0 rings (SSSR count). The van der Waals surface area contributed by atoms with E-state index in [1.807, 2.05) is 13.8 Å². The highest BCUT2D eigenvalue weighted by Gasteiger charge is 2.09. The molecule has 1 atom stereocenters. The summed E-state index contributed by atoms with van der Waals surface area (Å²) in [7, 11) is 0. The van der Waals surface area contributed by atoms with E-state index >= 15 is 0 Å². The maximum Gasteiger partial charge on any atom is 0.303 e. The Morgan fingerprint density at radius 1 is 1.33 bits per heavy atom. The van der Waals surface area contributed by atoms with Crippen LogP contribution in [0.15, 0.2) is 0 Å². The van der Waals surface area contributed by atoms with Crippen molar-refractivity contribution < 1.29 is 14.7 Å². The van der Waals surface area contributed by atoms with E-state index < -0.39 is 11.9 Å². The number of carbonyl (C=O) groups is 2. The van der Waals surface area contributed by atoms with Crippen molar-refractivity contribution in [2.45, 2.75) is 33.6 Å². The lowest BCUT2D eigenvalue weighted by molar-refractivity contribution is -0.138. The van der Waals surface area contributed by atoms with Crippen LogP contribution in [0.2, 0.25) is 0 Å². The largest absolute Gasteiger partial charge is 0.481 e. The van der Waals surface area contributed by atoms with E-state index in [2.05, 4.69) is 0 Å². The van der Waals surface area contributed by atoms with E-state index in [0.717, 1.165) is 0 Å². The van der Waals surface area contributed by atoms with Crippen molar-refractivity contribution >= 4 is 11.9 Å². The van der Waals surface area contributed by atoms with Crippen LogP contribution in [0.5, 0.6) is 0 Å². The molecular weight excluding hydrogens is 158 g/mol. The highest BCUT2D eigenvalue weighted by Crippen LogP contribution is 2.05. The van der Waals surface area contributed by atoms with Gasteiger partial charge < -0.3 is 10.8 Å². The van der Waals surface area contributed by atoms with Crippen LogP contribution in [0.3, 0.4) is 0 Å². The first-order chi connectivity index (χ1) is 5.52. The van der Waals surface area contributed by atoms with Crippen LogP contribution in [0.4, 0.5) is 0 Å². The van der Waals surface area contributed by atoms with Crippen LogP contribution in [0.25, 0.3) is 0 Å². The van der Waals surface area contributed by atoms with Crippen LogP contribution >= 0.6 is 0 Å². The number of rotatable bonds is 4. The Bertz CT molecular complexity index is 129. The third-order valence-electron chi connectivity index (χ3n) is 1.07. The monoisotopic (exact) mass is 175 g/mol. The molecule has 0 heterocycles. The van der Waals surface area contributed by atoms with Gasteiger partial charge in [0.2, 0.25) is 5.91 Å². The standard InChI is InChI=1S/C6H11NO3.C2H6/c1-4(2-5(7)8)3-6(9)10;1-2/h4H,2-3H2,1H3,(H2,7,8)(H,9,10);1-2H3. The van der Waals surface area contributed by atoms with Crippen LogP contribution in [-0.2, 0) is 9.59 Å². The summed E-state index contributed by atoms with van der Waals surface area (Å²) in [4.78, 5) is 20.3. The fourth-order valence-electron chi connectivity index (χ4n) is 0.714. The van der Waals surface area contributed by atoms with Crippen molar-refractivity contribution in [3.8, 4) is 0 Å². The van der Waals surface area contributed by atoms with E-state index in [0.29, 0.717) is 0 Å². The highest BCUT2D eigenvalue weighted by atomic mass is 16.4. The molecule has 0 aliphatic heterocycles. The number of carboxylic acid groups (broad SMARTS) is 1. The lowest BCUT2D eigenvalue weighted by atomic mass is 10.0. The molecule has 72 valence electrons. The van der Waals surface area contributed by atoms with Crippen LogP contribution in [0, 0.1) is 5.92 Å². The van der Waals surface area contributed by atoms with Crippen molar-refractivity contribution in [1.29, 1.82) is 0 Å². The Morgan fingerprint density at radius 2 is 1.75 bits per heavy atom. The van der Waals surface area contributed by atoms with E-state index in [1.54, 1.807) is 6.92 Å². The molecule has 1 unspecified atom stereocenters. The lowest BCUT2D eigenvalue weighted by Gasteiger charge is -2.03. The second-order valence-corrected chi connectivity index (χ2v) is 2.37. The topological polar surface area (TPSA) is 80.4 Å². The second kappa shape index (κ2) is 8.04. The molecule has 0 aliphatic carbocycles. The summed E-state index contributed by atoms with van der Waals surface area (Å²) >= 11 is 0. The Kier molecular flexibility index (Phi) is 9.06. The molecule has 0 aliphatic rings. The highest BCUT2D eigenvalue weighted by molar-refractivity contribution is 5.75. The normalized spacial score (nSPS) is 10.9. The minimum Gasteiger partial charge on any atom is -0.481 e. The minimum atomic E-state index is -0.895. The molecule has 0 bridgehead atoms. The predicted octanol–water partition coefficient (Wildman–Crippen LogP) is 0.999. The van der Waals surface area contributed by atoms with Gasteiger partial charge in [0.25, 0.3) is 0 Å². The van der Waals surface area contributed by atoms with E-state index in [4.69, 9.17) is 10.8 Å². The van der Waals surface area contributed by atoms with Gasteiger partial charge in [-0.1, -0.05) is 20.8 Å². The van der Waals surface area contributed by atoms with Gasteiger partial charge in [0, 0.05) is 12.8 Å². The van der Waals surface area contributed by atoms with Gasteiger partial charge in [-0.25, -0.2) is 0 Å². The Morgan fingerprint density at radius 3 is 2.00 bits per heavy atom. The molecule has 0 saturated carbocycles. The number of hydrogen-bond donors (Lipinski definition) is 2. The fourth-order valence-corrected chi connectivity index (χ4v) is 0.714. The van der Waals surface area contributed by atoms with Gasteiger partial charge in [-0.05, 0) is 5.92 Å². The minimum absolute atomic E-state index is 0.00292. The summed E-state index contributed by atoms with van der Waals surface area (Å²) < 4.78 is 0. The zero-order valence-corrected chi connectivity index (χ0v) is 7.83. The first-order valence-electron chi connectivity index (χ1n) is 4.02. The van der Waals surface area contributed by atoms with E-state index in [9.17, 15) is 9.59 Å². The molecule has 0 aromatic rings. The summed E-state index contributed by atoms with van der Waals surface area (Å²) in [6, 6.07) is 0. The lowest BCUT2D eigenvalue weighted by Crippen LogP contribution is -2.16. The number of nitrogens with two attached hydrogens (primary N) is 1. The Hall–Kier alpha value is -1.06. The van der Waals surface area contributed by atoms with Crippen molar-refractivity contribution in [2.75, 3.05) is 0 Å². The van der Waals surface area contributed by atoms with Gasteiger partial charge in [0.05, 0.1) is 0 Å². The SMILES string of the molecule is CC.CC(CC(N)=O)CC(=O)O. The predicted molar refractivity (Wildman–Crippen MR) is 46.6 cm³/mol. The van der Waals surface area contributed by atoms with Crippen LogP contribution in [-0.4, -0.2) is 17.0 Å². The Balaban J connectivity index is 0. The molecule has 0 aromatic carbocycles. The summed E-state index contributed by atoms with van der Waals surface area (Å²) in [5, 5.41) is 8.24. The average Bonchev–Trinajstić information content (AvgIpc) is 1.87. The van der Waals surface area contributed by atoms with Crippen LogP contribution in [0.1, 0.15) is 33.6 Å². The second-order valence-electron chi connectivity index (χ2n) is 2.37. The van der Waals surface area contributed by atoms with Gasteiger partial charge in [0.1, 0.15) is 0 Å². The van der Waals surface area contributed by atoms with Crippen LogP contribution < -0.4 is 5.73 Å². The average molecular weight is 175 g/mol. The molecule has 3 N–H and O–H groups in total. The van der Waals surface area contributed by atoms with Gasteiger partial charge in [0.15, 0.2) is 0 Å². The smallest absolute Gasteiger partial charge is 0.303 e. The number of primary amides is 1. The molecule has 0 fully saturated rings. The fraction of sp³-hybridized carbons (Fsp3) is 0.750. The zero-order chi connectivity index (χ0) is 10.1.